The number of aromatic amines is 1. The second-order valence-corrected chi connectivity index (χ2v) is 5.06. The first-order valence-corrected chi connectivity index (χ1v) is 7.12. The van der Waals surface area contributed by atoms with Crippen LogP contribution in [0, 0.1) is 0 Å². The zero-order valence-electron chi connectivity index (χ0n) is 12.2. The Bertz CT molecular complexity index is 768. The molecular formula is C17H17N3O2. The van der Waals surface area contributed by atoms with Crippen molar-refractivity contribution in [2.75, 3.05) is 7.05 Å². The number of carbonyl (C=O) groups is 1. The molecule has 22 heavy (non-hydrogen) atoms. The van der Waals surface area contributed by atoms with E-state index >= 15 is 0 Å². The summed E-state index contributed by atoms with van der Waals surface area (Å²) < 4.78 is 0. The molecule has 1 atom stereocenters. The average Bonchev–Trinajstić information content (AvgIpc) is 3.01. The molecule has 3 aromatic rings. The predicted octanol–water partition coefficient (Wildman–Crippen LogP) is 2.76. The number of hydrogen-bond acceptors (Lipinski definition) is 4. The molecule has 0 aliphatic rings. The lowest BCUT2D eigenvalue weighted by Gasteiger charge is -2.17. The van der Waals surface area contributed by atoms with Gasteiger partial charge in [-0.2, -0.15) is 10.6 Å². The summed E-state index contributed by atoms with van der Waals surface area (Å²) in [7, 11) is 1.58. The lowest BCUT2D eigenvalue weighted by atomic mass is 9.88. The predicted molar refractivity (Wildman–Crippen MR) is 84.1 cm³/mol. The number of aromatic nitrogens is 2. The molecule has 2 aromatic carbocycles. The van der Waals surface area contributed by atoms with Crippen molar-refractivity contribution >= 4 is 16.9 Å². The third kappa shape index (κ3) is 2.99. The fraction of sp³-hybridized carbons (Fsp3) is 0.176. The molecule has 3 rings (SSSR count). The third-order valence-electron chi connectivity index (χ3n) is 3.66. The van der Waals surface area contributed by atoms with E-state index in [9.17, 15) is 4.79 Å². The quantitative estimate of drug-likeness (QED) is 0.710. The van der Waals surface area contributed by atoms with Crippen LogP contribution >= 0.6 is 0 Å². The lowest BCUT2D eigenvalue weighted by molar-refractivity contribution is -0.150. The van der Waals surface area contributed by atoms with Gasteiger partial charge in [0.2, 0.25) is 0 Å². The summed E-state index contributed by atoms with van der Waals surface area (Å²) in [5, 5.41) is 8.05. The topological polar surface area (TPSA) is 67.0 Å². The molecule has 0 aliphatic carbocycles. The van der Waals surface area contributed by atoms with Crippen LogP contribution in [-0.4, -0.2) is 23.2 Å². The highest BCUT2D eigenvalue weighted by atomic mass is 16.7. The van der Waals surface area contributed by atoms with Gasteiger partial charge in [0.1, 0.15) is 0 Å². The SMILES string of the molecule is CNOC(=O)C[C@@H](c1ccccc1)c1ccc2cn[nH]c2c1. The summed E-state index contributed by atoms with van der Waals surface area (Å²) in [4.78, 5) is 16.8. The summed E-state index contributed by atoms with van der Waals surface area (Å²) in [5.41, 5.74) is 5.52. The van der Waals surface area contributed by atoms with Gasteiger partial charge in [-0.05, 0) is 17.2 Å². The van der Waals surface area contributed by atoms with Gasteiger partial charge in [0.25, 0.3) is 0 Å². The number of H-pyrrole nitrogens is 1. The van der Waals surface area contributed by atoms with Crippen LogP contribution in [0.2, 0.25) is 0 Å². The van der Waals surface area contributed by atoms with Gasteiger partial charge in [0.15, 0.2) is 0 Å². The Balaban J connectivity index is 1.98. The van der Waals surface area contributed by atoms with E-state index in [2.05, 4.69) is 15.7 Å². The zero-order chi connectivity index (χ0) is 15.4. The smallest absolute Gasteiger partial charge is 0.325 e. The van der Waals surface area contributed by atoms with Crippen LogP contribution in [0.4, 0.5) is 0 Å². The number of hydrogen-bond donors (Lipinski definition) is 2. The van der Waals surface area contributed by atoms with E-state index in [0.717, 1.165) is 22.0 Å². The van der Waals surface area contributed by atoms with Crippen molar-refractivity contribution in [2.24, 2.45) is 0 Å². The molecule has 0 fully saturated rings. The molecule has 0 bridgehead atoms. The van der Waals surface area contributed by atoms with Gasteiger partial charge < -0.3 is 4.84 Å². The first-order valence-electron chi connectivity index (χ1n) is 7.12. The van der Waals surface area contributed by atoms with Crippen molar-refractivity contribution in [1.29, 1.82) is 0 Å². The van der Waals surface area contributed by atoms with Crippen LogP contribution in [0.1, 0.15) is 23.5 Å². The van der Waals surface area contributed by atoms with E-state index in [1.165, 1.54) is 0 Å². The van der Waals surface area contributed by atoms with Crippen molar-refractivity contribution in [2.45, 2.75) is 12.3 Å². The Labute approximate surface area is 128 Å². The van der Waals surface area contributed by atoms with Gasteiger partial charge in [-0.1, -0.05) is 42.5 Å². The second-order valence-electron chi connectivity index (χ2n) is 5.06. The molecule has 5 heteroatoms. The van der Waals surface area contributed by atoms with Gasteiger partial charge in [-0.25, -0.2) is 0 Å². The van der Waals surface area contributed by atoms with Crippen LogP contribution in [0.15, 0.2) is 54.7 Å². The monoisotopic (exact) mass is 295 g/mol. The van der Waals surface area contributed by atoms with Crippen molar-refractivity contribution in [3.05, 3.63) is 65.9 Å². The summed E-state index contributed by atoms with van der Waals surface area (Å²) in [6.45, 7) is 0. The molecule has 0 aliphatic heterocycles. The number of rotatable bonds is 5. The molecule has 0 saturated carbocycles. The van der Waals surface area contributed by atoms with Crippen molar-refractivity contribution in [3.63, 3.8) is 0 Å². The molecule has 5 nitrogen and oxygen atoms in total. The maximum Gasteiger partial charge on any atom is 0.325 e. The first-order chi connectivity index (χ1) is 10.8. The maximum absolute atomic E-state index is 11.9. The van der Waals surface area contributed by atoms with Gasteiger partial charge in [0.05, 0.1) is 18.1 Å². The lowest BCUT2D eigenvalue weighted by Crippen LogP contribution is -2.18. The van der Waals surface area contributed by atoms with Crippen LogP contribution in [0.5, 0.6) is 0 Å². The molecular weight excluding hydrogens is 278 g/mol. The largest absolute Gasteiger partial charge is 0.371 e. The Hall–Kier alpha value is -2.66. The maximum atomic E-state index is 11.9. The second kappa shape index (κ2) is 6.41. The van der Waals surface area contributed by atoms with E-state index in [-0.39, 0.29) is 18.3 Å². The van der Waals surface area contributed by atoms with Gasteiger partial charge in [0, 0.05) is 18.4 Å². The van der Waals surface area contributed by atoms with Crippen LogP contribution in [0.3, 0.4) is 0 Å². The van der Waals surface area contributed by atoms with E-state index in [0.29, 0.717) is 0 Å². The highest BCUT2D eigenvalue weighted by Gasteiger charge is 2.19. The van der Waals surface area contributed by atoms with Crippen molar-refractivity contribution in [1.82, 2.24) is 15.7 Å². The van der Waals surface area contributed by atoms with Crippen LogP contribution in [0.25, 0.3) is 10.9 Å². The minimum Gasteiger partial charge on any atom is -0.371 e. The van der Waals surface area contributed by atoms with E-state index < -0.39 is 0 Å². The fourth-order valence-electron chi connectivity index (χ4n) is 2.61. The Morgan fingerprint density at radius 1 is 1.23 bits per heavy atom. The van der Waals surface area contributed by atoms with Crippen LogP contribution in [-0.2, 0) is 9.63 Å². The van der Waals surface area contributed by atoms with Crippen LogP contribution < -0.4 is 5.48 Å². The van der Waals surface area contributed by atoms with Crippen molar-refractivity contribution < 1.29 is 9.63 Å². The number of benzene rings is 2. The number of fused-ring (bicyclic) bond motifs is 1. The number of nitrogens with zero attached hydrogens (tertiary/aromatic N) is 1. The van der Waals surface area contributed by atoms with Gasteiger partial charge in [-0.3, -0.25) is 9.89 Å². The highest BCUT2D eigenvalue weighted by molar-refractivity contribution is 5.79. The number of nitrogens with one attached hydrogen (secondary N) is 2. The molecule has 2 N–H and O–H groups in total. The fourth-order valence-corrected chi connectivity index (χ4v) is 2.61. The summed E-state index contributed by atoms with van der Waals surface area (Å²) in [5.74, 6) is -0.351. The van der Waals surface area contributed by atoms with E-state index in [1.807, 2.05) is 48.5 Å². The van der Waals surface area contributed by atoms with E-state index in [4.69, 9.17) is 4.84 Å². The minimum atomic E-state index is -0.291. The normalized spacial score (nSPS) is 12.2. The Kier molecular flexibility index (Phi) is 4.16. The van der Waals surface area contributed by atoms with Gasteiger partial charge in [-0.15, -0.1) is 0 Å². The standard InChI is InChI=1S/C17H17N3O2/c1-18-22-17(21)10-15(12-5-3-2-4-6-12)13-7-8-14-11-19-20-16(14)9-13/h2-9,11,15,18H,10H2,1H3,(H,19,20)/t15-/m0/s1. The summed E-state index contributed by atoms with van der Waals surface area (Å²) in [6.07, 6.45) is 2.05. The number of hydroxylamine groups is 1. The Morgan fingerprint density at radius 2 is 2.05 bits per heavy atom. The molecule has 112 valence electrons. The van der Waals surface area contributed by atoms with Gasteiger partial charge >= 0.3 is 5.97 Å². The third-order valence-corrected chi connectivity index (χ3v) is 3.66. The molecule has 0 saturated heterocycles. The zero-order valence-corrected chi connectivity index (χ0v) is 12.2. The minimum absolute atomic E-state index is 0.0604. The molecule has 1 heterocycles. The number of carbonyl (C=O) groups excluding carboxylic acids is 1. The highest BCUT2D eigenvalue weighted by Crippen LogP contribution is 2.30. The first kappa shape index (κ1) is 14.3. The summed E-state index contributed by atoms with van der Waals surface area (Å²) >= 11 is 0. The molecule has 1 aromatic heterocycles. The molecule has 0 spiro atoms. The van der Waals surface area contributed by atoms with Crippen molar-refractivity contribution in [3.8, 4) is 0 Å². The molecule has 0 unspecified atom stereocenters. The average molecular weight is 295 g/mol. The Morgan fingerprint density at radius 3 is 2.82 bits per heavy atom. The molecule has 0 radical (unpaired) electrons. The van der Waals surface area contributed by atoms with E-state index in [1.54, 1.807) is 13.2 Å². The molecule has 0 amide bonds. The summed E-state index contributed by atoms with van der Waals surface area (Å²) in [6, 6.07) is 16.0.